The molecule has 0 spiro atoms. The van der Waals surface area contributed by atoms with Crippen molar-refractivity contribution >= 4 is 5.78 Å². The summed E-state index contributed by atoms with van der Waals surface area (Å²) in [6, 6.07) is 0. The third-order valence-corrected chi connectivity index (χ3v) is 2.71. The Kier molecular flexibility index (Phi) is 4.66. The maximum atomic E-state index is 10.9. The maximum Gasteiger partial charge on any atom is 0.157 e. The number of nitrogens with one attached hydrogen (secondary N) is 1. The first kappa shape index (κ1) is 11.2. The number of rotatable bonds is 6. The van der Waals surface area contributed by atoms with E-state index in [4.69, 9.17) is 5.11 Å². The summed E-state index contributed by atoms with van der Waals surface area (Å²) >= 11 is 0. The normalized spacial score (nSPS) is 18.1. The molecule has 3 heteroatoms. The van der Waals surface area contributed by atoms with Gasteiger partial charge in [-0.3, -0.25) is 4.79 Å². The summed E-state index contributed by atoms with van der Waals surface area (Å²) in [5.41, 5.74) is 1.06. The molecule has 14 heavy (non-hydrogen) atoms. The molecule has 1 rings (SSSR count). The Morgan fingerprint density at radius 2 is 2.36 bits per heavy atom. The van der Waals surface area contributed by atoms with Crippen LogP contribution in [0.25, 0.3) is 0 Å². The van der Waals surface area contributed by atoms with Crippen molar-refractivity contribution in [2.45, 2.75) is 32.6 Å². The number of allylic oxidation sites excluding steroid dienone is 2. The molecule has 1 aliphatic rings. The Bertz CT molecular complexity index is 223. The van der Waals surface area contributed by atoms with E-state index in [9.17, 15) is 4.79 Å². The minimum Gasteiger partial charge on any atom is -0.396 e. The Labute approximate surface area is 85.2 Å². The summed E-state index contributed by atoms with van der Waals surface area (Å²) in [5, 5.41) is 12.1. The van der Waals surface area contributed by atoms with Crippen LogP contribution in [0.1, 0.15) is 32.6 Å². The molecule has 0 aromatic carbocycles. The fraction of sp³-hybridized carbons (Fsp3) is 0.727. The van der Waals surface area contributed by atoms with E-state index in [-0.39, 0.29) is 12.4 Å². The van der Waals surface area contributed by atoms with E-state index < -0.39 is 0 Å². The molecular formula is C11H19NO2. The lowest BCUT2D eigenvalue weighted by Gasteiger charge is -2.15. The van der Waals surface area contributed by atoms with E-state index in [1.807, 2.05) is 0 Å². The lowest BCUT2D eigenvalue weighted by Crippen LogP contribution is -2.22. The number of ketones is 1. The van der Waals surface area contributed by atoms with Crippen molar-refractivity contribution in [1.29, 1.82) is 0 Å². The molecule has 0 fully saturated rings. The van der Waals surface area contributed by atoms with Crippen LogP contribution in [-0.2, 0) is 4.79 Å². The molecule has 0 saturated heterocycles. The van der Waals surface area contributed by atoms with Gasteiger partial charge in [-0.15, -0.1) is 0 Å². The first-order valence-electron chi connectivity index (χ1n) is 5.34. The molecule has 3 nitrogen and oxygen atoms in total. The van der Waals surface area contributed by atoms with Crippen LogP contribution < -0.4 is 5.32 Å². The fourth-order valence-electron chi connectivity index (χ4n) is 1.64. The van der Waals surface area contributed by atoms with E-state index in [0.29, 0.717) is 12.3 Å². The average molecular weight is 197 g/mol. The summed E-state index contributed by atoms with van der Waals surface area (Å²) in [7, 11) is 0. The molecule has 0 heterocycles. The number of aliphatic hydroxyl groups excluding tert-OH is 1. The number of carbonyl (C=O) groups is 1. The zero-order valence-electron chi connectivity index (χ0n) is 8.75. The van der Waals surface area contributed by atoms with Gasteiger partial charge in [0.1, 0.15) is 0 Å². The smallest absolute Gasteiger partial charge is 0.157 e. The van der Waals surface area contributed by atoms with Crippen molar-refractivity contribution in [2.75, 3.05) is 13.2 Å². The second-order valence-corrected chi connectivity index (χ2v) is 3.80. The largest absolute Gasteiger partial charge is 0.396 e. The first-order chi connectivity index (χ1) is 6.76. The van der Waals surface area contributed by atoms with Crippen LogP contribution in [0.3, 0.4) is 0 Å². The molecule has 2 N–H and O–H groups in total. The van der Waals surface area contributed by atoms with E-state index >= 15 is 0 Å². The van der Waals surface area contributed by atoms with Gasteiger partial charge in [0.05, 0.1) is 0 Å². The SMILES string of the molecule is CCC(CCO)CNC1=CC(=O)CC1. The summed E-state index contributed by atoms with van der Waals surface area (Å²) in [6.07, 6.45) is 5.11. The van der Waals surface area contributed by atoms with Gasteiger partial charge < -0.3 is 10.4 Å². The summed E-state index contributed by atoms with van der Waals surface area (Å²) in [4.78, 5) is 10.9. The topological polar surface area (TPSA) is 49.3 Å². The third kappa shape index (κ3) is 3.50. The molecule has 0 amide bonds. The monoisotopic (exact) mass is 197 g/mol. The number of hydrogen-bond donors (Lipinski definition) is 2. The molecule has 0 aliphatic heterocycles. The van der Waals surface area contributed by atoms with Gasteiger partial charge in [0.2, 0.25) is 0 Å². The summed E-state index contributed by atoms with van der Waals surface area (Å²) in [5.74, 6) is 0.735. The van der Waals surface area contributed by atoms with Crippen LogP contribution in [0.15, 0.2) is 11.8 Å². The van der Waals surface area contributed by atoms with Gasteiger partial charge in [0.15, 0.2) is 5.78 Å². The molecule has 0 radical (unpaired) electrons. The molecule has 0 aromatic rings. The Balaban J connectivity index is 2.24. The molecular weight excluding hydrogens is 178 g/mol. The van der Waals surface area contributed by atoms with Gasteiger partial charge in [-0.25, -0.2) is 0 Å². The van der Waals surface area contributed by atoms with Gasteiger partial charge in [-0.1, -0.05) is 13.3 Å². The van der Waals surface area contributed by atoms with Crippen LogP contribution in [0.2, 0.25) is 0 Å². The summed E-state index contributed by atoms with van der Waals surface area (Å²) < 4.78 is 0. The van der Waals surface area contributed by atoms with Crippen molar-refractivity contribution in [2.24, 2.45) is 5.92 Å². The second kappa shape index (κ2) is 5.81. The van der Waals surface area contributed by atoms with Crippen molar-refractivity contribution in [3.63, 3.8) is 0 Å². The standard InChI is InChI=1S/C11H19NO2/c1-2-9(5-6-13)8-12-10-3-4-11(14)7-10/h7,9,12-13H,2-6,8H2,1H3. The van der Waals surface area contributed by atoms with Crippen LogP contribution >= 0.6 is 0 Å². The Hall–Kier alpha value is -0.830. The highest BCUT2D eigenvalue weighted by Gasteiger charge is 2.12. The van der Waals surface area contributed by atoms with Gasteiger partial charge >= 0.3 is 0 Å². The average Bonchev–Trinajstić information content (AvgIpc) is 2.59. The molecule has 1 atom stereocenters. The number of carbonyl (C=O) groups excluding carboxylic acids is 1. The van der Waals surface area contributed by atoms with E-state index in [2.05, 4.69) is 12.2 Å². The highest BCUT2D eigenvalue weighted by Crippen LogP contribution is 2.13. The minimum atomic E-state index is 0.225. The molecule has 0 saturated carbocycles. The minimum absolute atomic E-state index is 0.225. The van der Waals surface area contributed by atoms with Gasteiger partial charge in [-0.05, 0) is 18.8 Å². The number of hydrogen-bond acceptors (Lipinski definition) is 3. The van der Waals surface area contributed by atoms with Crippen LogP contribution in [0, 0.1) is 5.92 Å². The predicted molar refractivity (Wildman–Crippen MR) is 55.8 cm³/mol. The molecule has 0 bridgehead atoms. The fourth-order valence-corrected chi connectivity index (χ4v) is 1.64. The van der Waals surface area contributed by atoms with Crippen molar-refractivity contribution in [3.05, 3.63) is 11.8 Å². The maximum absolute atomic E-state index is 10.9. The zero-order chi connectivity index (χ0) is 10.4. The Morgan fingerprint density at radius 3 is 2.86 bits per heavy atom. The molecule has 1 unspecified atom stereocenters. The molecule has 0 aromatic heterocycles. The van der Waals surface area contributed by atoms with Gasteiger partial charge in [0, 0.05) is 31.3 Å². The summed E-state index contributed by atoms with van der Waals surface area (Å²) in [6.45, 7) is 3.24. The van der Waals surface area contributed by atoms with Gasteiger partial charge in [0.25, 0.3) is 0 Å². The van der Waals surface area contributed by atoms with Crippen molar-refractivity contribution in [1.82, 2.24) is 5.32 Å². The highest BCUT2D eigenvalue weighted by molar-refractivity contribution is 5.92. The van der Waals surface area contributed by atoms with E-state index in [0.717, 1.165) is 31.5 Å². The third-order valence-electron chi connectivity index (χ3n) is 2.71. The zero-order valence-corrected chi connectivity index (χ0v) is 8.75. The van der Waals surface area contributed by atoms with Crippen molar-refractivity contribution in [3.8, 4) is 0 Å². The quantitative estimate of drug-likeness (QED) is 0.673. The van der Waals surface area contributed by atoms with Gasteiger partial charge in [-0.2, -0.15) is 0 Å². The lowest BCUT2D eigenvalue weighted by atomic mass is 10.0. The van der Waals surface area contributed by atoms with E-state index in [1.165, 1.54) is 0 Å². The van der Waals surface area contributed by atoms with Crippen LogP contribution in [0.4, 0.5) is 0 Å². The van der Waals surface area contributed by atoms with E-state index in [1.54, 1.807) is 6.08 Å². The Morgan fingerprint density at radius 1 is 1.57 bits per heavy atom. The second-order valence-electron chi connectivity index (χ2n) is 3.80. The first-order valence-corrected chi connectivity index (χ1v) is 5.34. The molecule has 80 valence electrons. The predicted octanol–water partition coefficient (Wildman–Crippen LogP) is 1.23. The lowest BCUT2D eigenvalue weighted by molar-refractivity contribution is -0.114. The molecule has 1 aliphatic carbocycles. The highest BCUT2D eigenvalue weighted by atomic mass is 16.3. The van der Waals surface area contributed by atoms with Crippen molar-refractivity contribution < 1.29 is 9.90 Å². The number of aliphatic hydroxyl groups is 1. The van der Waals surface area contributed by atoms with Crippen LogP contribution in [-0.4, -0.2) is 24.0 Å². The van der Waals surface area contributed by atoms with Crippen LogP contribution in [0.5, 0.6) is 0 Å².